The van der Waals surface area contributed by atoms with Crippen LogP contribution < -0.4 is 5.73 Å². The second kappa shape index (κ2) is 5.52. The monoisotopic (exact) mass is 303 g/mol. The average molecular weight is 304 g/mol. The topological polar surface area (TPSA) is 39.2 Å². The molecule has 4 heteroatoms. The van der Waals surface area contributed by atoms with Crippen LogP contribution in [-0.2, 0) is 0 Å². The van der Waals surface area contributed by atoms with E-state index in [1.807, 2.05) is 36.4 Å². The smallest absolute Gasteiger partial charge is 0.134 e. The Morgan fingerprint density at radius 1 is 1.10 bits per heavy atom. The lowest BCUT2D eigenvalue weighted by molar-refractivity contribution is 0.525. The van der Waals surface area contributed by atoms with Crippen molar-refractivity contribution < 1.29 is 4.42 Å². The van der Waals surface area contributed by atoms with Gasteiger partial charge in [-0.3, -0.25) is 0 Å². The fourth-order valence-corrected chi connectivity index (χ4v) is 2.75. The van der Waals surface area contributed by atoms with E-state index in [0.717, 1.165) is 22.3 Å². The van der Waals surface area contributed by atoms with Gasteiger partial charge >= 0.3 is 0 Å². The lowest BCUT2D eigenvalue weighted by atomic mass is 10.1. The van der Waals surface area contributed by atoms with Crippen LogP contribution in [0.1, 0.15) is 17.4 Å². The largest absolute Gasteiger partial charge is 0.459 e. The maximum Gasteiger partial charge on any atom is 0.134 e. The fourth-order valence-electron chi connectivity index (χ4n) is 2.16. The summed E-state index contributed by atoms with van der Waals surface area (Å²) in [4.78, 5) is 1.22. The van der Waals surface area contributed by atoms with Crippen molar-refractivity contribution in [3.05, 3.63) is 64.9 Å². The second-order valence-electron chi connectivity index (χ2n) is 4.58. The first kappa shape index (κ1) is 13.6. The highest BCUT2D eigenvalue weighted by Crippen LogP contribution is 2.29. The first-order valence-corrected chi connectivity index (χ1v) is 7.86. The highest BCUT2D eigenvalue weighted by molar-refractivity contribution is 7.98. The molecule has 0 radical (unpaired) electrons. The zero-order valence-corrected chi connectivity index (χ0v) is 12.5. The molecule has 2 N–H and O–H groups in total. The molecule has 1 heterocycles. The molecular weight excluding hydrogens is 290 g/mol. The summed E-state index contributed by atoms with van der Waals surface area (Å²) in [7, 11) is 0. The van der Waals surface area contributed by atoms with Crippen LogP contribution in [0.25, 0.3) is 11.0 Å². The third-order valence-electron chi connectivity index (χ3n) is 3.28. The zero-order chi connectivity index (χ0) is 14.1. The van der Waals surface area contributed by atoms with E-state index in [1.54, 1.807) is 11.8 Å². The predicted octanol–water partition coefficient (Wildman–Crippen LogP) is 4.86. The maximum atomic E-state index is 6.28. The number of nitrogens with two attached hydrogens (primary N) is 1. The van der Waals surface area contributed by atoms with Crippen LogP contribution >= 0.6 is 23.4 Å². The van der Waals surface area contributed by atoms with Crippen molar-refractivity contribution in [1.29, 1.82) is 0 Å². The summed E-state index contributed by atoms with van der Waals surface area (Å²) in [5, 5.41) is 1.67. The lowest BCUT2D eigenvalue weighted by Gasteiger charge is -2.09. The Kier molecular flexibility index (Phi) is 3.74. The summed E-state index contributed by atoms with van der Waals surface area (Å²) in [5.41, 5.74) is 8.12. The molecule has 102 valence electrons. The van der Waals surface area contributed by atoms with Crippen molar-refractivity contribution in [2.24, 2.45) is 5.73 Å². The van der Waals surface area contributed by atoms with Crippen molar-refractivity contribution in [2.75, 3.05) is 6.26 Å². The molecule has 0 aliphatic carbocycles. The molecule has 0 aliphatic heterocycles. The third-order valence-corrected chi connectivity index (χ3v) is 4.26. The minimum atomic E-state index is -0.267. The van der Waals surface area contributed by atoms with Gasteiger partial charge in [0.15, 0.2) is 0 Å². The van der Waals surface area contributed by atoms with E-state index < -0.39 is 0 Å². The van der Waals surface area contributed by atoms with Crippen molar-refractivity contribution in [2.45, 2.75) is 10.9 Å². The standard InChI is InChI=1S/C16H14ClNOS/c1-20-13-5-2-10(3-6-13)16(18)15-9-11-8-12(17)4-7-14(11)19-15/h2-9,16H,18H2,1H3. The third kappa shape index (κ3) is 2.57. The molecule has 20 heavy (non-hydrogen) atoms. The molecule has 2 nitrogen and oxygen atoms in total. The van der Waals surface area contributed by atoms with E-state index in [2.05, 4.69) is 18.4 Å². The molecule has 1 atom stereocenters. The Bertz CT molecular complexity index is 736. The molecule has 1 aromatic heterocycles. The number of hydrogen-bond acceptors (Lipinski definition) is 3. The van der Waals surface area contributed by atoms with E-state index in [0.29, 0.717) is 5.02 Å². The Morgan fingerprint density at radius 2 is 1.85 bits per heavy atom. The molecular formula is C16H14ClNOS. The predicted molar refractivity (Wildman–Crippen MR) is 85.5 cm³/mol. The molecule has 0 fully saturated rings. The van der Waals surface area contributed by atoms with Crippen LogP contribution in [0.5, 0.6) is 0 Å². The van der Waals surface area contributed by atoms with Gasteiger partial charge in [0.25, 0.3) is 0 Å². The summed E-state index contributed by atoms with van der Waals surface area (Å²) in [5.74, 6) is 0.749. The van der Waals surface area contributed by atoms with Gasteiger partial charge in [0.1, 0.15) is 11.3 Å². The van der Waals surface area contributed by atoms with Gasteiger partial charge in [-0.25, -0.2) is 0 Å². The van der Waals surface area contributed by atoms with E-state index >= 15 is 0 Å². The maximum absolute atomic E-state index is 6.28. The van der Waals surface area contributed by atoms with Crippen molar-refractivity contribution in [3.63, 3.8) is 0 Å². The van der Waals surface area contributed by atoms with Gasteiger partial charge in [0, 0.05) is 15.3 Å². The van der Waals surface area contributed by atoms with E-state index in [-0.39, 0.29) is 6.04 Å². The summed E-state index contributed by atoms with van der Waals surface area (Å²) in [6.45, 7) is 0. The Labute approximate surface area is 126 Å². The number of rotatable bonds is 3. The Hall–Kier alpha value is -1.42. The summed E-state index contributed by atoms with van der Waals surface area (Å²) in [6, 6.07) is 15.5. The number of thioether (sulfide) groups is 1. The van der Waals surface area contributed by atoms with Crippen molar-refractivity contribution >= 4 is 34.3 Å². The van der Waals surface area contributed by atoms with E-state index in [1.165, 1.54) is 4.90 Å². The van der Waals surface area contributed by atoms with Crippen molar-refractivity contribution in [1.82, 2.24) is 0 Å². The first-order chi connectivity index (χ1) is 9.67. The van der Waals surface area contributed by atoms with E-state index in [9.17, 15) is 0 Å². The normalized spacial score (nSPS) is 12.8. The van der Waals surface area contributed by atoms with Crippen LogP contribution in [-0.4, -0.2) is 6.26 Å². The molecule has 0 saturated carbocycles. The number of benzene rings is 2. The number of fused-ring (bicyclic) bond motifs is 1. The number of halogens is 1. The van der Waals surface area contributed by atoms with Gasteiger partial charge in [-0.1, -0.05) is 23.7 Å². The molecule has 1 unspecified atom stereocenters. The van der Waals surface area contributed by atoms with Gasteiger partial charge in [0.05, 0.1) is 6.04 Å². The SMILES string of the molecule is CSc1ccc(C(N)c2cc3cc(Cl)ccc3o2)cc1. The zero-order valence-electron chi connectivity index (χ0n) is 11.0. The second-order valence-corrected chi connectivity index (χ2v) is 5.90. The molecule has 2 aromatic carbocycles. The highest BCUT2D eigenvalue weighted by atomic mass is 35.5. The van der Waals surface area contributed by atoms with Crippen LogP contribution in [0.2, 0.25) is 5.02 Å². The number of hydrogen-bond donors (Lipinski definition) is 1. The Morgan fingerprint density at radius 3 is 2.55 bits per heavy atom. The molecule has 0 spiro atoms. The minimum Gasteiger partial charge on any atom is -0.459 e. The van der Waals surface area contributed by atoms with Gasteiger partial charge in [-0.2, -0.15) is 0 Å². The van der Waals surface area contributed by atoms with Crippen LogP contribution in [0, 0.1) is 0 Å². The van der Waals surface area contributed by atoms with Gasteiger partial charge in [0.2, 0.25) is 0 Å². The molecule has 0 saturated heterocycles. The molecule has 3 aromatic rings. The van der Waals surface area contributed by atoms with Crippen LogP contribution in [0.3, 0.4) is 0 Å². The summed E-state index contributed by atoms with van der Waals surface area (Å²) >= 11 is 7.69. The highest BCUT2D eigenvalue weighted by Gasteiger charge is 2.14. The minimum absolute atomic E-state index is 0.267. The quantitative estimate of drug-likeness (QED) is 0.703. The number of furan rings is 1. The van der Waals surface area contributed by atoms with Gasteiger partial charge in [-0.15, -0.1) is 11.8 Å². The fraction of sp³-hybridized carbons (Fsp3) is 0.125. The molecule has 0 amide bonds. The average Bonchev–Trinajstić information content (AvgIpc) is 2.89. The van der Waals surface area contributed by atoms with Crippen molar-refractivity contribution in [3.8, 4) is 0 Å². The molecule has 3 rings (SSSR count). The first-order valence-electron chi connectivity index (χ1n) is 6.26. The Balaban J connectivity index is 1.96. The summed E-state index contributed by atoms with van der Waals surface area (Å²) in [6.07, 6.45) is 2.05. The lowest BCUT2D eigenvalue weighted by Crippen LogP contribution is -2.10. The molecule has 0 aliphatic rings. The molecule has 0 bridgehead atoms. The van der Waals surface area contributed by atoms with Crippen LogP contribution in [0.4, 0.5) is 0 Å². The van der Waals surface area contributed by atoms with Gasteiger partial charge < -0.3 is 10.2 Å². The van der Waals surface area contributed by atoms with Gasteiger partial charge in [-0.05, 0) is 48.2 Å². The summed E-state index contributed by atoms with van der Waals surface area (Å²) < 4.78 is 5.81. The van der Waals surface area contributed by atoms with E-state index in [4.69, 9.17) is 21.8 Å². The van der Waals surface area contributed by atoms with Crippen LogP contribution in [0.15, 0.2) is 57.8 Å².